The third-order valence-corrected chi connectivity index (χ3v) is 1.62. The van der Waals surface area contributed by atoms with Crippen molar-refractivity contribution >= 4 is 0 Å². The van der Waals surface area contributed by atoms with Gasteiger partial charge < -0.3 is 5.32 Å². The summed E-state index contributed by atoms with van der Waals surface area (Å²) in [6, 6.07) is 2.93. The van der Waals surface area contributed by atoms with E-state index in [-0.39, 0.29) is 12.1 Å². The number of hydrogen-bond donors (Lipinski definition) is 1. The monoisotopic (exact) mass is 207 g/mol. The molecular formula is C9H9F4N. The fraction of sp³-hybridized carbons (Fsp3) is 0.333. The van der Waals surface area contributed by atoms with Crippen molar-refractivity contribution in [1.82, 2.24) is 5.32 Å². The molecule has 0 amide bonds. The summed E-state index contributed by atoms with van der Waals surface area (Å²) in [5.74, 6) is -1.19. The average Bonchev–Trinajstić information content (AvgIpc) is 2.10. The van der Waals surface area contributed by atoms with Crippen LogP contribution in [0.5, 0.6) is 0 Å². The summed E-state index contributed by atoms with van der Waals surface area (Å²) in [7, 11) is 0. The molecule has 0 atom stereocenters. The number of alkyl halides is 2. The Morgan fingerprint density at radius 3 is 2.57 bits per heavy atom. The first-order valence-corrected chi connectivity index (χ1v) is 4.02. The van der Waals surface area contributed by atoms with E-state index in [2.05, 4.69) is 5.32 Å². The lowest BCUT2D eigenvalue weighted by atomic mass is 10.2. The topological polar surface area (TPSA) is 12.0 Å². The fourth-order valence-corrected chi connectivity index (χ4v) is 0.995. The molecule has 0 bridgehead atoms. The van der Waals surface area contributed by atoms with E-state index in [9.17, 15) is 17.6 Å². The Hall–Kier alpha value is -1.10. The summed E-state index contributed by atoms with van der Waals surface area (Å²) in [6.45, 7) is -0.635. The highest BCUT2D eigenvalue weighted by Crippen LogP contribution is 2.09. The zero-order valence-corrected chi connectivity index (χ0v) is 7.24. The Morgan fingerprint density at radius 2 is 1.93 bits per heavy atom. The number of halogens is 4. The van der Waals surface area contributed by atoms with Crippen LogP contribution in [0.15, 0.2) is 18.2 Å². The number of benzene rings is 1. The van der Waals surface area contributed by atoms with Gasteiger partial charge in [0.2, 0.25) is 0 Å². The molecule has 0 unspecified atom stereocenters. The summed E-state index contributed by atoms with van der Waals surface area (Å²) in [4.78, 5) is 0. The van der Waals surface area contributed by atoms with E-state index in [0.717, 1.165) is 18.2 Å². The molecule has 0 radical (unpaired) electrons. The molecule has 0 aromatic heterocycles. The van der Waals surface area contributed by atoms with Gasteiger partial charge in [0.05, 0.1) is 6.54 Å². The van der Waals surface area contributed by atoms with Crippen molar-refractivity contribution < 1.29 is 17.6 Å². The number of nitrogens with one attached hydrogen (secondary N) is 1. The highest BCUT2D eigenvalue weighted by Gasteiger charge is 2.05. The molecule has 0 aliphatic carbocycles. The van der Waals surface area contributed by atoms with Gasteiger partial charge in [-0.05, 0) is 18.2 Å². The maximum absolute atomic E-state index is 12.9. The van der Waals surface area contributed by atoms with E-state index >= 15 is 0 Å². The SMILES string of the molecule is Fc1ccc(F)c(CNCC(F)F)c1. The zero-order chi connectivity index (χ0) is 10.6. The third kappa shape index (κ3) is 3.33. The first-order valence-electron chi connectivity index (χ1n) is 4.02. The van der Waals surface area contributed by atoms with Crippen LogP contribution in [-0.4, -0.2) is 13.0 Å². The quantitative estimate of drug-likeness (QED) is 0.747. The minimum atomic E-state index is -2.49. The summed E-state index contributed by atoms with van der Waals surface area (Å²) >= 11 is 0. The predicted octanol–water partition coefficient (Wildman–Crippen LogP) is 2.32. The first kappa shape index (κ1) is 11.0. The molecule has 0 heterocycles. The van der Waals surface area contributed by atoms with Crippen LogP contribution in [-0.2, 0) is 6.54 Å². The second kappa shape index (κ2) is 4.95. The summed E-state index contributed by atoms with van der Waals surface area (Å²) < 4.78 is 48.9. The van der Waals surface area contributed by atoms with Crippen molar-refractivity contribution in [3.8, 4) is 0 Å². The highest BCUT2D eigenvalue weighted by molar-refractivity contribution is 5.18. The van der Waals surface area contributed by atoms with E-state index < -0.39 is 24.6 Å². The minimum Gasteiger partial charge on any atom is -0.307 e. The van der Waals surface area contributed by atoms with Crippen LogP contribution in [0.1, 0.15) is 5.56 Å². The van der Waals surface area contributed by atoms with Gasteiger partial charge in [-0.2, -0.15) is 0 Å². The standard InChI is InChI=1S/C9H9F4N/c10-7-1-2-8(11)6(3-7)4-14-5-9(12)13/h1-3,9,14H,4-5H2. The van der Waals surface area contributed by atoms with Gasteiger partial charge in [-0.15, -0.1) is 0 Å². The molecule has 1 N–H and O–H groups in total. The van der Waals surface area contributed by atoms with Gasteiger partial charge >= 0.3 is 0 Å². The molecule has 1 rings (SSSR count). The molecular weight excluding hydrogens is 198 g/mol. The predicted molar refractivity (Wildman–Crippen MR) is 44.1 cm³/mol. The van der Waals surface area contributed by atoms with E-state index in [0.29, 0.717) is 0 Å². The van der Waals surface area contributed by atoms with Crippen LogP contribution in [0.25, 0.3) is 0 Å². The lowest BCUT2D eigenvalue weighted by Crippen LogP contribution is -2.21. The second-order valence-electron chi connectivity index (χ2n) is 2.76. The molecule has 1 aromatic carbocycles. The van der Waals surface area contributed by atoms with E-state index in [1.807, 2.05) is 0 Å². The summed E-state index contributed by atoms with van der Waals surface area (Å²) in [5.41, 5.74) is 0.0469. The second-order valence-corrected chi connectivity index (χ2v) is 2.76. The molecule has 1 aromatic rings. The fourth-order valence-electron chi connectivity index (χ4n) is 0.995. The van der Waals surface area contributed by atoms with Crippen LogP contribution in [0.2, 0.25) is 0 Å². The molecule has 1 nitrogen and oxygen atoms in total. The van der Waals surface area contributed by atoms with Crippen LogP contribution >= 0.6 is 0 Å². The molecule has 0 aliphatic rings. The van der Waals surface area contributed by atoms with Crippen LogP contribution in [0.4, 0.5) is 17.6 Å². The number of rotatable bonds is 4. The van der Waals surface area contributed by atoms with E-state index in [4.69, 9.17) is 0 Å². The van der Waals surface area contributed by atoms with Crippen molar-refractivity contribution in [3.05, 3.63) is 35.4 Å². The smallest absolute Gasteiger partial charge is 0.250 e. The molecule has 0 fully saturated rings. The Kier molecular flexibility index (Phi) is 3.88. The molecule has 0 spiro atoms. The molecule has 0 aliphatic heterocycles. The summed E-state index contributed by atoms with van der Waals surface area (Å²) in [6.07, 6.45) is -2.49. The molecule has 0 saturated carbocycles. The Labute approximate surface area is 78.7 Å². The van der Waals surface area contributed by atoms with E-state index in [1.165, 1.54) is 0 Å². The molecule has 78 valence electrons. The van der Waals surface area contributed by atoms with Gasteiger partial charge in [0, 0.05) is 12.1 Å². The van der Waals surface area contributed by atoms with Gasteiger partial charge in [-0.25, -0.2) is 17.6 Å². The maximum atomic E-state index is 12.9. The van der Waals surface area contributed by atoms with Crippen molar-refractivity contribution in [2.75, 3.05) is 6.54 Å². The highest BCUT2D eigenvalue weighted by atomic mass is 19.3. The largest absolute Gasteiger partial charge is 0.307 e. The zero-order valence-electron chi connectivity index (χ0n) is 7.24. The van der Waals surface area contributed by atoms with E-state index in [1.54, 1.807) is 0 Å². The van der Waals surface area contributed by atoms with Gasteiger partial charge in [0.25, 0.3) is 6.43 Å². The average molecular weight is 207 g/mol. The van der Waals surface area contributed by atoms with Crippen LogP contribution < -0.4 is 5.32 Å². The minimum absolute atomic E-state index is 0.0469. The van der Waals surface area contributed by atoms with Crippen molar-refractivity contribution in [3.63, 3.8) is 0 Å². The van der Waals surface area contributed by atoms with Gasteiger partial charge in [-0.3, -0.25) is 0 Å². The lowest BCUT2D eigenvalue weighted by molar-refractivity contribution is 0.145. The first-order chi connectivity index (χ1) is 6.59. The third-order valence-electron chi connectivity index (χ3n) is 1.62. The maximum Gasteiger partial charge on any atom is 0.250 e. The lowest BCUT2D eigenvalue weighted by Gasteiger charge is -2.05. The summed E-state index contributed by atoms with van der Waals surface area (Å²) in [5, 5.41) is 2.31. The van der Waals surface area contributed by atoms with Crippen LogP contribution in [0, 0.1) is 11.6 Å². The Morgan fingerprint density at radius 1 is 1.21 bits per heavy atom. The number of hydrogen-bond acceptors (Lipinski definition) is 1. The van der Waals surface area contributed by atoms with Crippen molar-refractivity contribution in [2.24, 2.45) is 0 Å². The Balaban J connectivity index is 2.53. The van der Waals surface area contributed by atoms with Crippen molar-refractivity contribution in [1.29, 1.82) is 0 Å². The van der Waals surface area contributed by atoms with Crippen molar-refractivity contribution in [2.45, 2.75) is 13.0 Å². The molecule has 0 saturated heterocycles. The van der Waals surface area contributed by atoms with Gasteiger partial charge in [0.15, 0.2) is 0 Å². The Bertz CT molecular complexity index is 301. The van der Waals surface area contributed by atoms with Gasteiger partial charge in [0.1, 0.15) is 11.6 Å². The normalized spacial score (nSPS) is 10.9. The molecule has 5 heteroatoms. The van der Waals surface area contributed by atoms with Gasteiger partial charge in [-0.1, -0.05) is 0 Å². The van der Waals surface area contributed by atoms with Crippen LogP contribution in [0.3, 0.4) is 0 Å². The molecule has 14 heavy (non-hydrogen) atoms.